The van der Waals surface area contributed by atoms with Gasteiger partial charge in [-0.05, 0) is 6.92 Å². The van der Waals surface area contributed by atoms with Crippen LogP contribution in [0, 0.1) is 0 Å². The molecular formula is C6H7FO3. The highest BCUT2D eigenvalue weighted by Crippen LogP contribution is 1.97. The number of hydrogen-bond donors (Lipinski definition) is 0. The molecular weight excluding hydrogens is 139 g/mol. The van der Waals surface area contributed by atoms with E-state index in [0.29, 0.717) is 6.08 Å². The molecule has 0 aromatic heterocycles. The Labute approximate surface area is 57.5 Å². The summed E-state index contributed by atoms with van der Waals surface area (Å²) >= 11 is 0. The van der Waals surface area contributed by atoms with Crippen molar-refractivity contribution in [3.63, 3.8) is 0 Å². The Kier molecular flexibility index (Phi) is 4.11. The van der Waals surface area contributed by atoms with Gasteiger partial charge in [0.1, 0.15) is 6.29 Å². The summed E-state index contributed by atoms with van der Waals surface area (Å²) in [6.45, 7) is 1.64. The van der Waals surface area contributed by atoms with Gasteiger partial charge >= 0.3 is 5.97 Å². The van der Waals surface area contributed by atoms with E-state index in [1.807, 2.05) is 0 Å². The van der Waals surface area contributed by atoms with Gasteiger partial charge in [-0.2, -0.15) is 4.39 Å². The summed E-state index contributed by atoms with van der Waals surface area (Å²) in [7, 11) is 0. The van der Waals surface area contributed by atoms with E-state index in [4.69, 9.17) is 0 Å². The van der Waals surface area contributed by atoms with E-state index in [1.54, 1.807) is 6.92 Å². The topological polar surface area (TPSA) is 43.4 Å². The number of halogens is 1. The van der Waals surface area contributed by atoms with Crippen LogP contribution < -0.4 is 0 Å². The number of ether oxygens (including phenoxy) is 1. The fourth-order valence-electron chi connectivity index (χ4n) is 0.328. The molecule has 0 saturated carbocycles. The molecule has 4 heteroatoms. The van der Waals surface area contributed by atoms with Crippen molar-refractivity contribution in [2.24, 2.45) is 0 Å². The molecule has 0 aromatic carbocycles. The predicted octanol–water partition coefficient (Wildman–Crippen LogP) is 0.602. The van der Waals surface area contributed by atoms with Crippen LogP contribution >= 0.6 is 0 Å². The van der Waals surface area contributed by atoms with Gasteiger partial charge < -0.3 is 4.74 Å². The minimum absolute atomic E-state index is 0.0962. The fourth-order valence-corrected chi connectivity index (χ4v) is 0.328. The van der Waals surface area contributed by atoms with E-state index in [2.05, 4.69) is 4.74 Å². The second-order valence-corrected chi connectivity index (χ2v) is 1.37. The van der Waals surface area contributed by atoms with Gasteiger partial charge in [0, 0.05) is 6.08 Å². The maximum absolute atomic E-state index is 12.1. The first-order valence-corrected chi connectivity index (χ1v) is 2.70. The summed E-state index contributed by atoms with van der Waals surface area (Å²) in [4.78, 5) is 19.9. The van der Waals surface area contributed by atoms with Gasteiger partial charge in [-0.25, -0.2) is 4.79 Å². The maximum Gasteiger partial charge on any atom is 0.367 e. The van der Waals surface area contributed by atoms with E-state index < -0.39 is 11.8 Å². The molecule has 0 aliphatic rings. The molecule has 0 atom stereocenters. The molecule has 0 aromatic rings. The van der Waals surface area contributed by atoms with Crippen molar-refractivity contribution in [3.8, 4) is 0 Å². The van der Waals surface area contributed by atoms with E-state index in [1.165, 1.54) is 0 Å². The average molecular weight is 146 g/mol. The molecule has 0 aliphatic heterocycles. The average Bonchev–Trinajstić information content (AvgIpc) is 1.89. The minimum atomic E-state index is -1.17. The highest BCUT2D eigenvalue weighted by Gasteiger charge is 2.07. The van der Waals surface area contributed by atoms with E-state index in [0.717, 1.165) is 0 Å². The molecule has 0 N–H and O–H groups in total. The van der Waals surface area contributed by atoms with Gasteiger partial charge in [-0.15, -0.1) is 0 Å². The first-order valence-electron chi connectivity index (χ1n) is 2.70. The summed E-state index contributed by atoms with van der Waals surface area (Å²) in [5.41, 5.74) is 0. The summed E-state index contributed by atoms with van der Waals surface area (Å²) in [6.07, 6.45) is 0.699. The Balaban J connectivity index is 3.93. The lowest BCUT2D eigenvalue weighted by atomic mass is 10.5. The molecule has 0 rings (SSSR count). The van der Waals surface area contributed by atoms with Gasteiger partial charge in [-0.3, -0.25) is 4.79 Å². The molecule has 0 spiro atoms. The third-order valence-electron chi connectivity index (χ3n) is 0.685. The number of carbonyl (C=O) groups is 2. The molecule has 0 saturated heterocycles. The van der Waals surface area contributed by atoms with Crippen LogP contribution in [0.25, 0.3) is 0 Å². The van der Waals surface area contributed by atoms with Gasteiger partial charge in [0.25, 0.3) is 0 Å². The van der Waals surface area contributed by atoms with Crippen molar-refractivity contribution in [1.82, 2.24) is 0 Å². The zero-order valence-electron chi connectivity index (χ0n) is 5.46. The molecule has 0 fully saturated rings. The monoisotopic (exact) mass is 146 g/mol. The number of rotatable bonds is 3. The van der Waals surface area contributed by atoms with E-state index in [9.17, 15) is 14.0 Å². The molecule has 0 heterocycles. The third kappa shape index (κ3) is 2.96. The molecule has 0 bridgehead atoms. The second kappa shape index (κ2) is 4.67. The SMILES string of the molecule is CCOC(=O)/C(F)=C/C=O. The molecule has 3 nitrogen and oxygen atoms in total. The highest BCUT2D eigenvalue weighted by molar-refractivity contribution is 5.90. The molecule has 0 radical (unpaired) electrons. The summed E-state index contributed by atoms with van der Waals surface area (Å²) in [5.74, 6) is -2.27. The Morgan fingerprint density at radius 1 is 1.70 bits per heavy atom. The Hall–Kier alpha value is -1.19. The van der Waals surface area contributed by atoms with Crippen molar-refractivity contribution < 1.29 is 18.7 Å². The number of carbonyl (C=O) groups excluding carboxylic acids is 2. The van der Waals surface area contributed by atoms with Gasteiger partial charge in [0.05, 0.1) is 6.61 Å². The molecule has 0 amide bonds. The highest BCUT2D eigenvalue weighted by atomic mass is 19.1. The summed E-state index contributed by atoms with van der Waals surface area (Å²) in [6, 6.07) is 0. The fraction of sp³-hybridized carbons (Fsp3) is 0.333. The van der Waals surface area contributed by atoms with Crippen LogP contribution in [0.3, 0.4) is 0 Å². The van der Waals surface area contributed by atoms with Crippen LogP contribution in [-0.2, 0) is 14.3 Å². The molecule has 56 valence electrons. The normalized spacial score (nSPS) is 10.8. The van der Waals surface area contributed by atoms with Gasteiger partial charge in [0.2, 0.25) is 5.83 Å². The van der Waals surface area contributed by atoms with E-state index >= 15 is 0 Å². The lowest BCUT2D eigenvalue weighted by Crippen LogP contribution is -2.04. The number of esters is 1. The second-order valence-electron chi connectivity index (χ2n) is 1.37. The lowest BCUT2D eigenvalue weighted by molar-refractivity contribution is -0.140. The van der Waals surface area contributed by atoms with Crippen LogP contribution in [0.15, 0.2) is 11.9 Å². The molecule has 0 aliphatic carbocycles. The number of allylic oxidation sites excluding steroid dienone is 1. The van der Waals surface area contributed by atoms with Crippen LogP contribution in [0.5, 0.6) is 0 Å². The van der Waals surface area contributed by atoms with Crippen molar-refractivity contribution in [1.29, 1.82) is 0 Å². The Morgan fingerprint density at radius 3 is 2.70 bits per heavy atom. The van der Waals surface area contributed by atoms with Crippen LogP contribution in [0.1, 0.15) is 6.92 Å². The van der Waals surface area contributed by atoms with Crippen LogP contribution in [0.4, 0.5) is 4.39 Å². The van der Waals surface area contributed by atoms with E-state index in [-0.39, 0.29) is 12.9 Å². The summed E-state index contributed by atoms with van der Waals surface area (Å²) < 4.78 is 16.4. The summed E-state index contributed by atoms with van der Waals surface area (Å²) in [5, 5.41) is 0. The number of hydrogen-bond acceptors (Lipinski definition) is 3. The number of aldehydes is 1. The third-order valence-corrected chi connectivity index (χ3v) is 0.685. The molecule has 10 heavy (non-hydrogen) atoms. The molecule has 0 unspecified atom stereocenters. The minimum Gasteiger partial charge on any atom is -0.461 e. The standard InChI is InChI=1S/C6H7FO3/c1-2-10-6(9)5(7)3-4-8/h3-4H,2H2,1H3/b5-3-. The smallest absolute Gasteiger partial charge is 0.367 e. The zero-order chi connectivity index (χ0) is 7.98. The van der Waals surface area contributed by atoms with Crippen molar-refractivity contribution in [3.05, 3.63) is 11.9 Å². The van der Waals surface area contributed by atoms with Crippen LogP contribution in [0.2, 0.25) is 0 Å². The van der Waals surface area contributed by atoms with Crippen molar-refractivity contribution >= 4 is 12.3 Å². The van der Waals surface area contributed by atoms with Crippen LogP contribution in [-0.4, -0.2) is 18.9 Å². The largest absolute Gasteiger partial charge is 0.461 e. The Morgan fingerprint density at radius 2 is 2.30 bits per heavy atom. The lowest BCUT2D eigenvalue weighted by Gasteiger charge is -1.95. The maximum atomic E-state index is 12.1. The first kappa shape index (κ1) is 8.81. The Bertz CT molecular complexity index is 162. The van der Waals surface area contributed by atoms with Gasteiger partial charge in [0.15, 0.2) is 0 Å². The van der Waals surface area contributed by atoms with Crippen molar-refractivity contribution in [2.75, 3.05) is 6.61 Å². The zero-order valence-corrected chi connectivity index (χ0v) is 5.46. The van der Waals surface area contributed by atoms with Crippen molar-refractivity contribution in [2.45, 2.75) is 6.92 Å². The first-order chi connectivity index (χ1) is 4.72. The quantitative estimate of drug-likeness (QED) is 0.332. The predicted molar refractivity (Wildman–Crippen MR) is 31.9 cm³/mol. The van der Waals surface area contributed by atoms with Gasteiger partial charge in [-0.1, -0.05) is 0 Å².